The number of hydrogen-bond donors (Lipinski definition) is 2. The van der Waals surface area contributed by atoms with E-state index in [1.54, 1.807) is 24.1 Å². The summed E-state index contributed by atoms with van der Waals surface area (Å²) in [5, 5.41) is 6.93. The minimum absolute atomic E-state index is 0.108. The molecule has 2 fully saturated rings. The monoisotopic (exact) mass is 946 g/mol. The standard InChI is InChI=1S/C31H33N3O4.C25H29N3O4/c1-22-28(37-26-15-17-33(2)18-16-26)14-13-25-19-27(30(35)38-29(22)25)32-31(36)34(20-23-9-5-3-6-10-23)21-24-11-7-4-8-12-24;1-17-22(31-20-11-13-27(2)14-12-20)10-9-19-15-21(24(29)32-23(17)19)26-25(30)28(3)16-18-7-5-4-6-8-18/h3-14,19,26H,15-18,20-21H2,1-2H3,(H,32,36);4-10,15,20H,11-14,16H2,1-3H3,(H,26,30). The maximum absolute atomic E-state index is 13.4. The van der Waals surface area contributed by atoms with E-state index < -0.39 is 11.3 Å². The van der Waals surface area contributed by atoms with Gasteiger partial charge in [-0.25, -0.2) is 19.2 Å². The molecular formula is C56H62N6O8. The van der Waals surface area contributed by atoms with E-state index in [4.69, 9.17) is 18.3 Å². The first-order valence-corrected chi connectivity index (χ1v) is 23.9. The average Bonchev–Trinajstić information content (AvgIpc) is 3.36. The van der Waals surface area contributed by atoms with E-state index in [2.05, 4.69) is 34.5 Å². The Balaban J connectivity index is 0.000000191. The maximum Gasteiger partial charge on any atom is 0.360 e. The van der Waals surface area contributed by atoms with Crippen molar-refractivity contribution >= 4 is 45.4 Å². The van der Waals surface area contributed by atoms with Crippen molar-refractivity contribution in [3.05, 3.63) is 176 Å². The molecule has 9 rings (SSSR count). The number of urea groups is 2. The number of anilines is 2. The number of hydrogen-bond acceptors (Lipinski definition) is 10. The van der Waals surface area contributed by atoms with Crippen LogP contribution in [0.3, 0.4) is 0 Å². The molecule has 14 nitrogen and oxygen atoms in total. The molecule has 2 saturated heterocycles. The second-order valence-corrected chi connectivity index (χ2v) is 18.4. The van der Waals surface area contributed by atoms with Crippen LogP contribution in [-0.4, -0.2) is 91.2 Å². The van der Waals surface area contributed by atoms with Crippen LogP contribution < -0.4 is 31.4 Å². The van der Waals surface area contributed by atoms with Gasteiger partial charge in [-0.05, 0) is 107 Å². The highest BCUT2D eigenvalue weighted by atomic mass is 16.5. The van der Waals surface area contributed by atoms with E-state index in [0.29, 0.717) is 30.8 Å². The summed E-state index contributed by atoms with van der Waals surface area (Å²) in [4.78, 5) is 59.3. The Hall–Kier alpha value is -7.42. The molecule has 0 radical (unpaired) electrons. The quantitative estimate of drug-likeness (QED) is 0.113. The van der Waals surface area contributed by atoms with Gasteiger partial charge in [0.2, 0.25) is 0 Å². The maximum atomic E-state index is 13.4. The van der Waals surface area contributed by atoms with Crippen LogP contribution in [0.4, 0.5) is 21.0 Å². The molecular weight excluding hydrogens is 885 g/mol. The molecule has 0 saturated carbocycles. The Kier molecular flexibility index (Phi) is 16.0. The predicted octanol–water partition coefficient (Wildman–Crippen LogP) is 10.0. The summed E-state index contributed by atoms with van der Waals surface area (Å²) < 4.78 is 23.8. The number of fused-ring (bicyclic) bond motifs is 2. The van der Waals surface area contributed by atoms with Crippen molar-refractivity contribution in [2.45, 2.75) is 71.4 Å². The predicted molar refractivity (Wildman–Crippen MR) is 275 cm³/mol. The van der Waals surface area contributed by atoms with Gasteiger partial charge in [0.15, 0.2) is 0 Å². The number of benzene rings is 5. The van der Waals surface area contributed by atoms with E-state index in [-0.39, 0.29) is 35.6 Å². The lowest BCUT2D eigenvalue weighted by Crippen LogP contribution is -2.35. The Morgan fingerprint density at radius 1 is 0.557 bits per heavy atom. The van der Waals surface area contributed by atoms with Gasteiger partial charge in [-0.3, -0.25) is 0 Å². The molecule has 0 spiro atoms. The van der Waals surface area contributed by atoms with Crippen molar-refractivity contribution in [2.75, 3.05) is 58.0 Å². The summed E-state index contributed by atoms with van der Waals surface area (Å²) in [6, 6.07) is 39.4. The second-order valence-electron chi connectivity index (χ2n) is 18.4. The summed E-state index contributed by atoms with van der Waals surface area (Å²) in [5.74, 6) is 1.46. The van der Waals surface area contributed by atoms with Crippen LogP contribution in [0.1, 0.15) is 53.5 Å². The van der Waals surface area contributed by atoms with Gasteiger partial charge in [0.1, 0.15) is 46.2 Å². The zero-order valence-corrected chi connectivity index (χ0v) is 40.6. The fourth-order valence-electron chi connectivity index (χ4n) is 8.75. The van der Waals surface area contributed by atoms with Gasteiger partial charge in [-0.15, -0.1) is 0 Å². The lowest BCUT2D eigenvalue weighted by atomic mass is 10.1. The zero-order chi connectivity index (χ0) is 49.1. The normalized spacial score (nSPS) is 14.6. The molecule has 0 atom stereocenters. The number of nitrogens with one attached hydrogen (secondary N) is 2. The van der Waals surface area contributed by atoms with Crippen molar-refractivity contribution in [2.24, 2.45) is 0 Å². The Labute approximate surface area is 408 Å². The molecule has 70 heavy (non-hydrogen) atoms. The smallest absolute Gasteiger partial charge is 0.360 e. The highest BCUT2D eigenvalue weighted by Crippen LogP contribution is 2.32. The van der Waals surface area contributed by atoms with Gasteiger partial charge in [-0.2, -0.15) is 0 Å². The van der Waals surface area contributed by atoms with E-state index in [1.807, 2.05) is 129 Å². The Bertz CT molecular complexity index is 2960. The van der Waals surface area contributed by atoms with Gasteiger partial charge < -0.3 is 48.5 Å². The molecule has 2 aliphatic rings. The lowest BCUT2D eigenvalue weighted by molar-refractivity contribution is 0.113. The highest BCUT2D eigenvalue weighted by molar-refractivity contribution is 5.93. The number of rotatable bonds is 12. The molecule has 0 aliphatic carbocycles. The zero-order valence-electron chi connectivity index (χ0n) is 40.6. The molecule has 2 aromatic heterocycles. The number of carbonyl (C=O) groups excluding carboxylic acids is 2. The van der Waals surface area contributed by atoms with Crippen molar-refractivity contribution in [3.8, 4) is 11.5 Å². The molecule has 364 valence electrons. The molecule has 4 amide bonds. The van der Waals surface area contributed by atoms with Crippen LogP contribution in [0, 0.1) is 13.8 Å². The third-order valence-corrected chi connectivity index (χ3v) is 12.9. The number of amides is 4. The Morgan fingerprint density at radius 2 is 0.929 bits per heavy atom. The van der Waals surface area contributed by atoms with Crippen LogP contribution in [-0.2, 0) is 19.6 Å². The van der Waals surface area contributed by atoms with Gasteiger partial charge in [0.25, 0.3) is 0 Å². The fraction of sp³-hybridized carbons (Fsp3) is 0.321. The first-order valence-electron chi connectivity index (χ1n) is 23.9. The summed E-state index contributed by atoms with van der Waals surface area (Å²) in [5.41, 5.74) is 4.58. The molecule has 4 heterocycles. The van der Waals surface area contributed by atoms with Crippen molar-refractivity contribution in [1.82, 2.24) is 19.6 Å². The molecule has 2 N–H and O–H groups in total. The first-order chi connectivity index (χ1) is 33.9. The number of likely N-dealkylation sites (tertiary alicyclic amines) is 2. The van der Waals surface area contributed by atoms with E-state index in [1.165, 1.54) is 4.90 Å². The van der Waals surface area contributed by atoms with E-state index >= 15 is 0 Å². The van der Waals surface area contributed by atoms with Gasteiger partial charge >= 0.3 is 23.3 Å². The topological polar surface area (TPSA) is 150 Å². The van der Waals surface area contributed by atoms with E-state index in [0.717, 1.165) is 102 Å². The molecule has 0 bridgehead atoms. The van der Waals surface area contributed by atoms with Crippen molar-refractivity contribution in [3.63, 3.8) is 0 Å². The summed E-state index contributed by atoms with van der Waals surface area (Å²) in [7, 11) is 5.91. The largest absolute Gasteiger partial charge is 0.490 e. The van der Waals surface area contributed by atoms with E-state index in [9.17, 15) is 19.2 Å². The van der Waals surface area contributed by atoms with Crippen LogP contribution in [0.2, 0.25) is 0 Å². The first kappa shape index (κ1) is 49.0. The van der Waals surface area contributed by atoms with Gasteiger partial charge in [0, 0.05) is 74.8 Å². The molecule has 7 aromatic rings. The average molecular weight is 947 g/mol. The minimum Gasteiger partial charge on any atom is -0.490 e. The number of ether oxygens (including phenoxy) is 2. The van der Waals surface area contributed by atoms with Crippen LogP contribution in [0.15, 0.2) is 146 Å². The van der Waals surface area contributed by atoms with Gasteiger partial charge in [-0.1, -0.05) is 91.0 Å². The number of piperidine rings is 2. The second kappa shape index (κ2) is 22.8. The number of nitrogens with zero attached hydrogens (tertiary/aromatic N) is 4. The minimum atomic E-state index is -0.593. The third kappa shape index (κ3) is 12.6. The molecule has 5 aromatic carbocycles. The van der Waals surface area contributed by atoms with Crippen LogP contribution >= 0.6 is 0 Å². The van der Waals surface area contributed by atoms with Crippen molar-refractivity contribution < 1.29 is 27.9 Å². The SMILES string of the molecule is Cc1c(OC2CCN(C)CC2)ccc2cc(NC(=O)N(C)Cc3ccccc3)c(=O)oc12.Cc1c(OC2CCN(C)CC2)ccc2cc(NC(=O)N(Cc3ccccc3)Cc3ccccc3)c(=O)oc12. The summed E-state index contributed by atoms with van der Waals surface area (Å²) in [6.07, 6.45) is 4.18. The molecule has 14 heteroatoms. The number of carbonyl (C=O) groups is 2. The van der Waals surface area contributed by atoms with Crippen molar-refractivity contribution in [1.29, 1.82) is 0 Å². The van der Waals surface area contributed by atoms with Crippen LogP contribution in [0.25, 0.3) is 21.9 Å². The van der Waals surface area contributed by atoms with Gasteiger partial charge in [0.05, 0.1) is 0 Å². The summed E-state index contributed by atoms with van der Waals surface area (Å²) >= 11 is 0. The molecule has 2 aliphatic heterocycles. The Morgan fingerprint density at radius 3 is 1.33 bits per heavy atom. The van der Waals surface area contributed by atoms with Crippen LogP contribution in [0.5, 0.6) is 11.5 Å². The third-order valence-electron chi connectivity index (χ3n) is 12.9. The fourth-order valence-corrected chi connectivity index (χ4v) is 8.75. The molecule has 0 unspecified atom stereocenters. The summed E-state index contributed by atoms with van der Waals surface area (Å²) in [6.45, 7) is 9.04. The number of aryl methyl sites for hydroxylation is 2. The highest BCUT2D eigenvalue weighted by Gasteiger charge is 2.23. The lowest BCUT2D eigenvalue weighted by Gasteiger charge is -2.29.